The minimum atomic E-state index is -0.650. The number of hydrogen-bond acceptors (Lipinski definition) is 3. The monoisotopic (exact) mass is 304 g/mol. The molecule has 2 aromatic rings. The zero-order valence-corrected chi connectivity index (χ0v) is 12.7. The summed E-state index contributed by atoms with van der Waals surface area (Å²) in [6.45, 7) is 3.77. The molecule has 18 heavy (non-hydrogen) atoms. The molecule has 3 nitrogen and oxygen atoms in total. The second-order valence-corrected chi connectivity index (χ2v) is 5.95. The first kappa shape index (κ1) is 13.9. The van der Waals surface area contributed by atoms with Gasteiger partial charge < -0.3 is 5.11 Å². The predicted molar refractivity (Wildman–Crippen MR) is 75.7 cm³/mol. The van der Waals surface area contributed by atoms with Gasteiger partial charge in [0.25, 0.3) is 0 Å². The van der Waals surface area contributed by atoms with Gasteiger partial charge in [0.05, 0.1) is 32.4 Å². The van der Waals surface area contributed by atoms with E-state index in [1.807, 2.05) is 26.3 Å². The molecule has 2 rings (SSSR count). The number of nitrogens with zero attached hydrogens (tertiary/aromatic N) is 2. The third kappa shape index (κ3) is 2.43. The van der Waals surface area contributed by atoms with E-state index in [1.54, 1.807) is 4.68 Å². The summed E-state index contributed by atoms with van der Waals surface area (Å²) in [6, 6.07) is 0. The molecule has 1 atom stereocenters. The minimum Gasteiger partial charge on any atom is -0.387 e. The van der Waals surface area contributed by atoms with Crippen molar-refractivity contribution in [1.29, 1.82) is 0 Å². The number of aromatic nitrogens is 2. The lowest BCUT2D eigenvalue weighted by Gasteiger charge is -2.10. The Balaban J connectivity index is 2.26. The second-order valence-electron chi connectivity index (χ2n) is 4.29. The van der Waals surface area contributed by atoms with E-state index in [0.717, 1.165) is 21.8 Å². The van der Waals surface area contributed by atoms with Gasteiger partial charge >= 0.3 is 0 Å². The molecular weight excluding hydrogens is 291 g/mol. The highest BCUT2D eigenvalue weighted by Crippen LogP contribution is 2.35. The maximum Gasteiger partial charge on any atom is 0.0952 e. The molecule has 1 N–H and O–H groups in total. The van der Waals surface area contributed by atoms with Crippen molar-refractivity contribution in [3.8, 4) is 0 Å². The quantitative estimate of drug-likeness (QED) is 0.939. The van der Waals surface area contributed by atoms with Crippen LogP contribution in [0.4, 0.5) is 0 Å². The van der Waals surface area contributed by atoms with Crippen LogP contribution in [0.2, 0.25) is 10.0 Å². The van der Waals surface area contributed by atoms with Crippen molar-refractivity contribution in [2.75, 3.05) is 0 Å². The summed E-state index contributed by atoms with van der Waals surface area (Å²) in [7, 11) is 1.82. The molecule has 0 saturated carbocycles. The van der Waals surface area contributed by atoms with Crippen LogP contribution in [-0.2, 0) is 13.5 Å². The van der Waals surface area contributed by atoms with Crippen molar-refractivity contribution >= 4 is 34.5 Å². The molecule has 0 aliphatic rings. The fraction of sp³-hybridized carbons (Fsp3) is 0.417. The zero-order chi connectivity index (χ0) is 13.4. The van der Waals surface area contributed by atoms with Gasteiger partial charge in [-0.05, 0) is 24.8 Å². The SMILES string of the molecule is Cc1csc(C(O)Cc2c(Cl)c(C)nn2C)c1Cl. The largest absolute Gasteiger partial charge is 0.387 e. The van der Waals surface area contributed by atoms with Crippen LogP contribution in [0.15, 0.2) is 5.38 Å². The average molecular weight is 305 g/mol. The molecule has 6 heteroatoms. The van der Waals surface area contributed by atoms with Crippen molar-refractivity contribution in [1.82, 2.24) is 9.78 Å². The fourth-order valence-corrected chi connectivity index (χ4v) is 3.39. The van der Waals surface area contributed by atoms with Gasteiger partial charge in [-0.25, -0.2) is 0 Å². The molecule has 0 saturated heterocycles. The van der Waals surface area contributed by atoms with Crippen molar-refractivity contribution < 1.29 is 5.11 Å². The first-order valence-corrected chi connectivity index (χ1v) is 7.15. The number of rotatable bonds is 3. The van der Waals surface area contributed by atoms with E-state index >= 15 is 0 Å². The van der Waals surface area contributed by atoms with Crippen LogP contribution in [-0.4, -0.2) is 14.9 Å². The molecule has 0 amide bonds. The Bertz CT molecular complexity index is 577. The van der Waals surface area contributed by atoms with Crippen LogP contribution in [0, 0.1) is 13.8 Å². The number of aliphatic hydroxyl groups excluding tert-OH is 1. The Morgan fingerprint density at radius 3 is 2.50 bits per heavy atom. The van der Waals surface area contributed by atoms with E-state index < -0.39 is 6.10 Å². The number of aryl methyl sites for hydroxylation is 3. The Kier molecular flexibility index (Phi) is 4.02. The van der Waals surface area contributed by atoms with Gasteiger partial charge in [0.1, 0.15) is 0 Å². The topological polar surface area (TPSA) is 38.1 Å². The van der Waals surface area contributed by atoms with Gasteiger partial charge in [-0.1, -0.05) is 23.2 Å². The minimum absolute atomic E-state index is 0.413. The highest BCUT2D eigenvalue weighted by atomic mass is 35.5. The van der Waals surface area contributed by atoms with Crippen molar-refractivity contribution in [3.05, 3.63) is 37.3 Å². The Morgan fingerprint density at radius 1 is 1.39 bits per heavy atom. The average Bonchev–Trinajstić information content (AvgIpc) is 2.75. The van der Waals surface area contributed by atoms with Crippen LogP contribution in [0.1, 0.15) is 27.9 Å². The Hall–Kier alpha value is -0.550. The molecule has 0 bridgehead atoms. The standard InChI is InChI=1S/C12H14Cl2N2OS/c1-6-5-18-12(10(6)13)9(17)4-8-11(14)7(2)15-16(8)3/h5,9,17H,4H2,1-3H3. The normalized spacial score (nSPS) is 13.0. The van der Waals surface area contributed by atoms with Crippen LogP contribution < -0.4 is 0 Å². The molecule has 0 aromatic carbocycles. The molecule has 2 aromatic heterocycles. The van der Waals surface area contributed by atoms with Crippen molar-refractivity contribution in [3.63, 3.8) is 0 Å². The molecule has 2 heterocycles. The summed E-state index contributed by atoms with van der Waals surface area (Å²) in [6.07, 6.45) is -0.237. The molecule has 0 aliphatic heterocycles. The highest BCUT2D eigenvalue weighted by Gasteiger charge is 2.20. The van der Waals surface area contributed by atoms with Crippen LogP contribution in [0.25, 0.3) is 0 Å². The predicted octanol–water partition coefficient (Wildman–Crippen LogP) is 3.68. The fourth-order valence-electron chi connectivity index (χ4n) is 1.85. The van der Waals surface area contributed by atoms with Gasteiger partial charge in [0, 0.05) is 13.5 Å². The van der Waals surface area contributed by atoms with E-state index in [0.29, 0.717) is 16.5 Å². The third-order valence-corrected chi connectivity index (χ3v) is 5.18. The van der Waals surface area contributed by atoms with E-state index in [4.69, 9.17) is 23.2 Å². The third-order valence-electron chi connectivity index (χ3n) is 2.88. The molecule has 0 aliphatic carbocycles. The van der Waals surface area contributed by atoms with E-state index in [-0.39, 0.29) is 0 Å². The summed E-state index contributed by atoms with van der Waals surface area (Å²) >= 11 is 13.8. The Labute approximate surface area is 120 Å². The van der Waals surface area contributed by atoms with Gasteiger partial charge in [0.2, 0.25) is 0 Å². The first-order valence-electron chi connectivity index (χ1n) is 5.51. The molecule has 1 unspecified atom stereocenters. The van der Waals surface area contributed by atoms with Crippen LogP contribution in [0.5, 0.6) is 0 Å². The zero-order valence-electron chi connectivity index (χ0n) is 10.4. The number of aliphatic hydroxyl groups is 1. The summed E-state index contributed by atoms with van der Waals surface area (Å²) in [5.74, 6) is 0. The smallest absolute Gasteiger partial charge is 0.0952 e. The van der Waals surface area contributed by atoms with E-state index in [9.17, 15) is 5.11 Å². The van der Waals surface area contributed by atoms with Crippen molar-refractivity contribution in [2.45, 2.75) is 26.4 Å². The van der Waals surface area contributed by atoms with Gasteiger partial charge in [-0.3, -0.25) is 4.68 Å². The molecule has 98 valence electrons. The van der Waals surface area contributed by atoms with Crippen LogP contribution in [0.3, 0.4) is 0 Å². The van der Waals surface area contributed by atoms with Crippen LogP contribution >= 0.6 is 34.5 Å². The number of hydrogen-bond donors (Lipinski definition) is 1. The lowest BCUT2D eigenvalue weighted by Crippen LogP contribution is -2.06. The summed E-state index contributed by atoms with van der Waals surface area (Å²) in [5, 5.41) is 17.7. The maximum absolute atomic E-state index is 10.3. The summed E-state index contributed by atoms with van der Waals surface area (Å²) < 4.78 is 1.70. The molecule has 0 radical (unpaired) electrons. The molecular formula is C12H14Cl2N2OS. The maximum atomic E-state index is 10.3. The molecule has 0 spiro atoms. The summed E-state index contributed by atoms with van der Waals surface area (Å²) in [5.41, 5.74) is 2.58. The van der Waals surface area contributed by atoms with Crippen molar-refractivity contribution in [2.24, 2.45) is 7.05 Å². The second kappa shape index (κ2) is 5.21. The van der Waals surface area contributed by atoms with Gasteiger partial charge in [-0.15, -0.1) is 11.3 Å². The first-order chi connectivity index (χ1) is 8.41. The highest BCUT2D eigenvalue weighted by molar-refractivity contribution is 7.10. The lowest BCUT2D eigenvalue weighted by atomic mass is 10.1. The van der Waals surface area contributed by atoms with Gasteiger partial charge in [-0.2, -0.15) is 5.10 Å². The number of thiophene rings is 1. The lowest BCUT2D eigenvalue weighted by molar-refractivity contribution is 0.179. The van der Waals surface area contributed by atoms with E-state index in [2.05, 4.69) is 5.10 Å². The Morgan fingerprint density at radius 2 is 2.06 bits per heavy atom. The number of halogens is 2. The van der Waals surface area contributed by atoms with Gasteiger partial charge in [0.15, 0.2) is 0 Å². The van der Waals surface area contributed by atoms with E-state index in [1.165, 1.54) is 11.3 Å². The molecule has 0 fully saturated rings. The summed E-state index contributed by atoms with van der Waals surface area (Å²) in [4.78, 5) is 0.782.